The lowest BCUT2D eigenvalue weighted by Crippen LogP contribution is -2.49. The average molecular weight is 454 g/mol. The molecular weight excluding hydrogens is 423 g/mol. The van der Waals surface area contributed by atoms with Crippen LogP contribution in [0.2, 0.25) is 0 Å². The van der Waals surface area contributed by atoms with Gasteiger partial charge in [-0.1, -0.05) is 6.42 Å². The Hall–Kier alpha value is 0.270. The molecule has 0 spiro atoms. The Morgan fingerprint density at radius 2 is 2.09 bits per heavy atom. The van der Waals surface area contributed by atoms with Crippen LogP contribution >= 0.6 is 35.7 Å². The standard InChI is InChI=1S/C16H30N4OS.HI/c1-17-15(18-12-16(21)6-10-22-13-16)20-9-5-14(11-20)19-7-3-2-4-8-19;/h14,21H,2-13H2,1H3,(H,17,18);1H. The fourth-order valence-corrected chi connectivity index (χ4v) is 5.12. The Labute approximate surface area is 161 Å². The maximum absolute atomic E-state index is 10.5. The fraction of sp³-hybridized carbons (Fsp3) is 0.938. The molecule has 23 heavy (non-hydrogen) atoms. The van der Waals surface area contributed by atoms with Crippen LogP contribution in [-0.4, -0.2) is 83.8 Å². The summed E-state index contributed by atoms with van der Waals surface area (Å²) < 4.78 is 0. The smallest absolute Gasteiger partial charge is 0.193 e. The molecule has 7 heteroatoms. The number of rotatable bonds is 3. The second kappa shape index (κ2) is 9.10. The highest BCUT2D eigenvalue weighted by Crippen LogP contribution is 2.27. The van der Waals surface area contributed by atoms with E-state index in [1.807, 2.05) is 18.8 Å². The Morgan fingerprint density at radius 3 is 2.74 bits per heavy atom. The number of hydrogen-bond acceptors (Lipinski definition) is 4. The third-order valence-electron chi connectivity index (χ3n) is 5.24. The molecule has 3 fully saturated rings. The number of guanidine groups is 1. The third kappa shape index (κ3) is 5.12. The van der Waals surface area contributed by atoms with Crippen molar-refractivity contribution in [2.24, 2.45) is 4.99 Å². The summed E-state index contributed by atoms with van der Waals surface area (Å²) in [6.45, 7) is 5.31. The van der Waals surface area contributed by atoms with E-state index in [0.29, 0.717) is 12.6 Å². The normalized spacial score (nSPS) is 32.9. The van der Waals surface area contributed by atoms with Crippen molar-refractivity contribution in [3.8, 4) is 0 Å². The molecule has 3 aliphatic heterocycles. The van der Waals surface area contributed by atoms with Gasteiger partial charge in [0.1, 0.15) is 0 Å². The molecule has 0 aromatic rings. The molecule has 0 aromatic heterocycles. The molecule has 0 bridgehead atoms. The van der Waals surface area contributed by atoms with E-state index in [1.54, 1.807) is 0 Å². The summed E-state index contributed by atoms with van der Waals surface area (Å²) in [4.78, 5) is 9.47. The van der Waals surface area contributed by atoms with Crippen LogP contribution in [0.15, 0.2) is 4.99 Å². The zero-order valence-corrected chi connectivity index (χ0v) is 17.3. The average Bonchev–Trinajstić information content (AvgIpc) is 3.19. The summed E-state index contributed by atoms with van der Waals surface area (Å²) in [6, 6.07) is 0.684. The van der Waals surface area contributed by atoms with Gasteiger partial charge >= 0.3 is 0 Å². The second-order valence-corrected chi connectivity index (χ2v) is 8.02. The Morgan fingerprint density at radius 1 is 1.30 bits per heavy atom. The molecule has 3 rings (SSSR count). The van der Waals surface area contributed by atoms with Crippen molar-refractivity contribution in [3.05, 3.63) is 0 Å². The van der Waals surface area contributed by atoms with Crippen LogP contribution in [0, 0.1) is 0 Å². The highest BCUT2D eigenvalue weighted by Gasteiger charge is 2.34. The first kappa shape index (κ1) is 19.6. The van der Waals surface area contributed by atoms with Crippen molar-refractivity contribution in [3.63, 3.8) is 0 Å². The zero-order chi connectivity index (χ0) is 15.4. The van der Waals surface area contributed by atoms with Crippen LogP contribution in [0.3, 0.4) is 0 Å². The van der Waals surface area contributed by atoms with Crippen LogP contribution in [0.25, 0.3) is 0 Å². The number of piperidine rings is 1. The van der Waals surface area contributed by atoms with Gasteiger partial charge in [-0.25, -0.2) is 0 Å². The number of aliphatic imine (C=N–C) groups is 1. The van der Waals surface area contributed by atoms with Gasteiger partial charge in [0.05, 0.1) is 5.60 Å². The van der Waals surface area contributed by atoms with E-state index in [2.05, 4.69) is 20.1 Å². The van der Waals surface area contributed by atoms with E-state index in [-0.39, 0.29) is 24.0 Å². The van der Waals surface area contributed by atoms with Crippen molar-refractivity contribution in [1.29, 1.82) is 0 Å². The summed E-state index contributed by atoms with van der Waals surface area (Å²) >= 11 is 1.84. The summed E-state index contributed by atoms with van der Waals surface area (Å²) in [5, 5.41) is 13.9. The predicted octanol–water partition coefficient (Wildman–Crippen LogP) is 1.61. The van der Waals surface area contributed by atoms with E-state index < -0.39 is 5.60 Å². The van der Waals surface area contributed by atoms with Gasteiger partial charge in [0.2, 0.25) is 0 Å². The van der Waals surface area contributed by atoms with E-state index in [0.717, 1.165) is 37.0 Å². The SMILES string of the molecule is CN=C(NCC1(O)CCSC1)N1CCC(N2CCCCC2)C1.I. The number of likely N-dealkylation sites (tertiary alicyclic amines) is 2. The van der Waals surface area contributed by atoms with Gasteiger partial charge in [-0.15, -0.1) is 24.0 Å². The van der Waals surface area contributed by atoms with Crippen LogP contribution in [0.4, 0.5) is 0 Å². The Bertz CT molecular complexity index is 398. The minimum absolute atomic E-state index is 0. The van der Waals surface area contributed by atoms with Gasteiger partial charge in [-0.05, 0) is 44.5 Å². The van der Waals surface area contributed by atoms with Crippen molar-refractivity contribution in [2.45, 2.75) is 43.7 Å². The lowest BCUT2D eigenvalue weighted by atomic mass is 10.0. The van der Waals surface area contributed by atoms with Gasteiger partial charge in [-0.2, -0.15) is 11.8 Å². The summed E-state index contributed by atoms with van der Waals surface area (Å²) in [6.07, 6.45) is 6.23. The Kier molecular flexibility index (Phi) is 7.75. The number of aliphatic hydroxyl groups is 1. The monoisotopic (exact) mass is 454 g/mol. The molecule has 0 radical (unpaired) electrons. The summed E-state index contributed by atoms with van der Waals surface area (Å²) in [5.74, 6) is 2.87. The number of nitrogens with one attached hydrogen (secondary N) is 1. The van der Waals surface area contributed by atoms with Crippen molar-refractivity contribution >= 4 is 41.7 Å². The highest BCUT2D eigenvalue weighted by atomic mass is 127. The zero-order valence-electron chi connectivity index (χ0n) is 14.2. The highest BCUT2D eigenvalue weighted by molar-refractivity contribution is 14.0. The van der Waals surface area contributed by atoms with E-state index in [1.165, 1.54) is 38.8 Å². The molecular formula is C16H31IN4OS. The molecule has 3 saturated heterocycles. The van der Waals surface area contributed by atoms with Crippen LogP contribution in [0.1, 0.15) is 32.1 Å². The second-order valence-electron chi connectivity index (χ2n) is 6.91. The molecule has 0 aromatic carbocycles. The molecule has 5 nitrogen and oxygen atoms in total. The van der Waals surface area contributed by atoms with Gasteiger partial charge in [0.15, 0.2) is 5.96 Å². The first-order chi connectivity index (χ1) is 10.7. The van der Waals surface area contributed by atoms with Gasteiger partial charge < -0.3 is 15.3 Å². The van der Waals surface area contributed by atoms with Crippen molar-refractivity contribution < 1.29 is 5.11 Å². The first-order valence-electron chi connectivity index (χ1n) is 8.70. The molecule has 3 aliphatic rings. The molecule has 134 valence electrons. The maximum Gasteiger partial charge on any atom is 0.193 e. The topological polar surface area (TPSA) is 51.1 Å². The summed E-state index contributed by atoms with van der Waals surface area (Å²) in [7, 11) is 1.85. The molecule has 0 aliphatic carbocycles. The quantitative estimate of drug-likeness (QED) is 0.386. The van der Waals surface area contributed by atoms with Gasteiger partial charge in [0, 0.05) is 38.5 Å². The molecule has 2 N–H and O–H groups in total. The van der Waals surface area contributed by atoms with Crippen LogP contribution < -0.4 is 5.32 Å². The molecule has 2 atom stereocenters. The lowest BCUT2D eigenvalue weighted by molar-refractivity contribution is 0.0718. The van der Waals surface area contributed by atoms with Crippen LogP contribution in [0.5, 0.6) is 0 Å². The van der Waals surface area contributed by atoms with Gasteiger partial charge in [-0.3, -0.25) is 9.89 Å². The van der Waals surface area contributed by atoms with Crippen molar-refractivity contribution in [1.82, 2.24) is 15.1 Å². The Balaban J connectivity index is 0.00000192. The number of nitrogens with zero attached hydrogens (tertiary/aromatic N) is 3. The molecule has 3 heterocycles. The predicted molar refractivity (Wildman–Crippen MR) is 109 cm³/mol. The first-order valence-corrected chi connectivity index (χ1v) is 9.85. The van der Waals surface area contributed by atoms with E-state index in [9.17, 15) is 5.11 Å². The maximum atomic E-state index is 10.5. The van der Waals surface area contributed by atoms with E-state index in [4.69, 9.17) is 0 Å². The lowest BCUT2D eigenvalue weighted by Gasteiger charge is -2.32. The number of halogens is 1. The number of thioether (sulfide) groups is 1. The largest absolute Gasteiger partial charge is 0.387 e. The number of hydrogen-bond donors (Lipinski definition) is 2. The minimum Gasteiger partial charge on any atom is -0.387 e. The van der Waals surface area contributed by atoms with Crippen molar-refractivity contribution in [2.75, 3.05) is 51.3 Å². The van der Waals surface area contributed by atoms with Gasteiger partial charge in [0.25, 0.3) is 0 Å². The van der Waals surface area contributed by atoms with Crippen LogP contribution in [-0.2, 0) is 0 Å². The fourth-order valence-electron chi connectivity index (χ4n) is 3.83. The summed E-state index contributed by atoms with van der Waals surface area (Å²) in [5.41, 5.74) is -0.549. The molecule has 0 amide bonds. The van der Waals surface area contributed by atoms with E-state index >= 15 is 0 Å². The molecule has 2 unspecified atom stereocenters. The molecule has 0 saturated carbocycles. The third-order valence-corrected chi connectivity index (χ3v) is 6.47. The minimum atomic E-state index is -0.549.